The van der Waals surface area contributed by atoms with Gasteiger partial charge in [-0.3, -0.25) is 9.48 Å². The highest BCUT2D eigenvalue weighted by Crippen LogP contribution is 2.43. The molecule has 0 fully saturated rings. The summed E-state index contributed by atoms with van der Waals surface area (Å²) in [6.07, 6.45) is 0. The summed E-state index contributed by atoms with van der Waals surface area (Å²) in [6, 6.07) is 8.17. The number of nitrogens with zero attached hydrogens (tertiary/aromatic N) is 2. The highest BCUT2D eigenvalue weighted by atomic mass is 32.2. The number of ether oxygens (including phenoxy) is 1. The normalized spacial score (nSPS) is 17.4. The quantitative estimate of drug-likeness (QED) is 0.921. The van der Waals surface area contributed by atoms with Gasteiger partial charge >= 0.3 is 0 Å². The summed E-state index contributed by atoms with van der Waals surface area (Å²) in [7, 11) is 1.86. The molecule has 2 heterocycles. The fourth-order valence-electron chi connectivity index (χ4n) is 2.81. The van der Waals surface area contributed by atoms with E-state index >= 15 is 0 Å². The summed E-state index contributed by atoms with van der Waals surface area (Å²) < 4.78 is 7.51. The number of amides is 1. The van der Waals surface area contributed by atoms with Crippen molar-refractivity contribution in [1.29, 1.82) is 0 Å². The van der Waals surface area contributed by atoms with Crippen LogP contribution in [-0.4, -0.2) is 28.0 Å². The van der Waals surface area contributed by atoms with Gasteiger partial charge in [0.2, 0.25) is 5.91 Å². The zero-order chi connectivity index (χ0) is 17.3. The Balaban J connectivity index is 1.90. The lowest BCUT2D eigenvalue weighted by atomic mass is 10.0. The highest BCUT2D eigenvalue weighted by molar-refractivity contribution is 8.00. The first kappa shape index (κ1) is 16.9. The number of aryl methyl sites for hydroxylation is 2. The Labute approximate surface area is 146 Å². The SMILES string of the molecule is Cc1nn(C)c2c1[C@H](c1ccc(OCC(C)C)cc1)SCC(=O)N2. The smallest absolute Gasteiger partial charge is 0.235 e. The number of rotatable bonds is 4. The molecule has 1 N–H and O–H groups in total. The van der Waals surface area contributed by atoms with Gasteiger partial charge in [-0.2, -0.15) is 5.10 Å². The fourth-order valence-corrected chi connectivity index (χ4v) is 4.00. The number of hydrogen-bond donors (Lipinski definition) is 1. The molecule has 0 aliphatic carbocycles. The van der Waals surface area contributed by atoms with E-state index in [1.807, 2.05) is 26.1 Å². The number of carbonyl (C=O) groups is 1. The van der Waals surface area contributed by atoms with Gasteiger partial charge in [-0.15, -0.1) is 11.8 Å². The minimum absolute atomic E-state index is 0.0173. The van der Waals surface area contributed by atoms with E-state index in [4.69, 9.17) is 4.74 Å². The first-order valence-electron chi connectivity index (χ1n) is 8.13. The van der Waals surface area contributed by atoms with Crippen LogP contribution in [0.4, 0.5) is 5.82 Å². The molecule has 1 aliphatic heterocycles. The first-order valence-corrected chi connectivity index (χ1v) is 9.18. The van der Waals surface area contributed by atoms with E-state index in [0.717, 1.165) is 28.4 Å². The highest BCUT2D eigenvalue weighted by Gasteiger charge is 2.29. The average molecular weight is 345 g/mol. The van der Waals surface area contributed by atoms with Crippen molar-refractivity contribution in [3.05, 3.63) is 41.1 Å². The minimum atomic E-state index is 0.0173. The summed E-state index contributed by atoms with van der Waals surface area (Å²) in [4.78, 5) is 12.0. The maximum atomic E-state index is 12.0. The number of benzene rings is 1. The van der Waals surface area contributed by atoms with Gasteiger partial charge in [-0.1, -0.05) is 26.0 Å². The topological polar surface area (TPSA) is 56.2 Å². The number of anilines is 1. The van der Waals surface area contributed by atoms with E-state index in [9.17, 15) is 4.79 Å². The minimum Gasteiger partial charge on any atom is -0.493 e. The van der Waals surface area contributed by atoms with Crippen molar-refractivity contribution < 1.29 is 9.53 Å². The number of fused-ring (bicyclic) bond motifs is 1. The van der Waals surface area contributed by atoms with Gasteiger partial charge in [-0.05, 0) is 30.5 Å². The van der Waals surface area contributed by atoms with Gasteiger partial charge in [0.05, 0.1) is 23.3 Å². The van der Waals surface area contributed by atoms with Crippen LogP contribution >= 0.6 is 11.8 Å². The number of carbonyl (C=O) groups excluding carboxylic acids is 1. The Morgan fingerprint density at radius 1 is 1.38 bits per heavy atom. The molecule has 0 radical (unpaired) electrons. The van der Waals surface area contributed by atoms with Crippen LogP contribution in [0.5, 0.6) is 5.75 Å². The Bertz CT molecular complexity index is 737. The first-order chi connectivity index (χ1) is 11.5. The van der Waals surface area contributed by atoms with Gasteiger partial charge < -0.3 is 10.1 Å². The second-order valence-electron chi connectivity index (χ2n) is 6.48. The van der Waals surface area contributed by atoms with E-state index < -0.39 is 0 Å². The van der Waals surface area contributed by atoms with E-state index in [1.54, 1.807) is 16.4 Å². The van der Waals surface area contributed by atoms with Crippen molar-refractivity contribution >= 4 is 23.5 Å². The van der Waals surface area contributed by atoms with E-state index in [1.165, 1.54) is 0 Å². The molecule has 0 spiro atoms. The van der Waals surface area contributed by atoms with Crippen molar-refractivity contribution in [3.63, 3.8) is 0 Å². The Morgan fingerprint density at radius 3 is 2.75 bits per heavy atom. The van der Waals surface area contributed by atoms with Gasteiger partial charge in [-0.25, -0.2) is 0 Å². The van der Waals surface area contributed by atoms with Gasteiger partial charge in [0.25, 0.3) is 0 Å². The lowest BCUT2D eigenvalue weighted by molar-refractivity contribution is -0.113. The standard InChI is InChI=1S/C18H23N3O2S/c1-11(2)9-23-14-7-5-13(6-8-14)17-16-12(3)20-21(4)18(16)19-15(22)10-24-17/h5-8,11,17H,9-10H2,1-4H3,(H,19,22)/t17-/m0/s1. The van der Waals surface area contributed by atoms with E-state index in [0.29, 0.717) is 18.3 Å². The van der Waals surface area contributed by atoms with Crippen LogP contribution in [0.3, 0.4) is 0 Å². The van der Waals surface area contributed by atoms with Crippen LogP contribution in [0.25, 0.3) is 0 Å². The molecule has 3 rings (SSSR count). The zero-order valence-corrected chi connectivity index (χ0v) is 15.3. The molecule has 1 aromatic heterocycles. The molecule has 0 saturated heterocycles. The van der Waals surface area contributed by atoms with Crippen molar-refractivity contribution in [3.8, 4) is 5.75 Å². The molecule has 0 unspecified atom stereocenters. The molecule has 1 amide bonds. The number of aromatic nitrogens is 2. The largest absolute Gasteiger partial charge is 0.493 e. The number of thioether (sulfide) groups is 1. The van der Waals surface area contributed by atoms with Crippen LogP contribution in [0, 0.1) is 12.8 Å². The molecule has 5 nitrogen and oxygen atoms in total. The average Bonchev–Trinajstić information content (AvgIpc) is 2.72. The van der Waals surface area contributed by atoms with Crippen molar-refractivity contribution in [1.82, 2.24) is 9.78 Å². The Hall–Kier alpha value is -1.95. The maximum absolute atomic E-state index is 12.0. The summed E-state index contributed by atoms with van der Waals surface area (Å²) in [5.41, 5.74) is 3.20. The third kappa shape index (κ3) is 3.43. The number of hydrogen-bond acceptors (Lipinski definition) is 4. The number of nitrogens with one attached hydrogen (secondary N) is 1. The summed E-state index contributed by atoms with van der Waals surface area (Å²) in [6.45, 7) is 6.96. The molecule has 0 saturated carbocycles. The van der Waals surface area contributed by atoms with Crippen molar-refractivity contribution in [2.45, 2.75) is 26.0 Å². The predicted octanol–water partition coefficient (Wildman–Crippen LogP) is 3.54. The molecule has 1 aliphatic rings. The van der Waals surface area contributed by atoms with E-state index in [-0.39, 0.29) is 11.2 Å². The van der Waals surface area contributed by atoms with Crippen LogP contribution < -0.4 is 10.1 Å². The summed E-state index contributed by atoms with van der Waals surface area (Å²) >= 11 is 1.63. The molecule has 2 aromatic rings. The van der Waals surface area contributed by atoms with E-state index in [2.05, 4.69) is 36.4 Å². The molecular weight excluding hydrogens is 322 g/mol. The molecule has 128 valence electrons. The maximum Gasteiger partial charge on any atom is 0.235 e. The fraction of sp³-hybridized carbons (Fsp3) is 0.444. The van der Waals surface area contributed by atoms with Crippen LogP contribution in [0.2, 0.25) is 0 Å². The molecule has 0 bridgehead atoms. The van der Waals surface area contributed by atoms with Gasteiger partial charge in [0, 0.05) is 12.6 Å². The molecular formula is C18H23N3O2S. The molecule has 1 aromatic carbocycles. The molecule has 1 atom stereocenters. The van der Waals surface area contributed by atoms with Crippen LogP contribution in [-0.2, 0) is 11.8 Å². The zero-order valence-electron chi connectivity index (χ0n) is 14.5. The summed E-state index contributed by atoms with van der Waals surface area (Å²) in [5, 5.41) is 7.54. The summed E-state index contributed by atoms with van der Waals surface area (Å²) in [5.74, 6) is 2.63. The van der Waals surface area contributed by atoms with Crippen LogP contribution in [0.15, 0.2) is 24.3 Å². The Kier molecular flexibility index (Phi) is 4.85. The second kappa shape index (κ2) is 6.89. The Morgan fingerprint density at radius 2 is 2.08 bits per heavy atom. The van der Waals surface area contributed by atoms with Crippen molar-refractivity contribution in [2.75, 3.05) is 17.7 Å². The van der Waals surface area contributed by atoms with Crippen LogP contribution in [0.1, 0.15) is 35.9 Å². The second-order valence-corrected chi connectivity index (χ2v) is 7.58. The van der Waals surface area contributed by atoms with Crippen molar-refractivity contribution in [2.24, 2.45) is 13.0 Å². The lowest BCUT2D eigenvalue weighted by Gasteiger charge is -2.16. The third-order valence-electron chi connectivity index (χ3n) is 3.94. The van der Waals surface area contributed by atoms with Gasteiger partial charge in [0.1, 0.15) is 11.6 Å². The lowest BCUT2D eigenvalue weighted by Crippen LogP contribution is -2.15. The monoisotopic (exact) mass is 345 g/mol. The predicted molar refractivity (Wildman–Crippen MR) is 97.7 cm³/mol. The molecule has 24 heavy (non-hydrogen) atoms. The van der Waals surface area contributed by atoms with Gasteiger partial charge in [0.15, 0.2) is 0 Å². The molecule has 6 heteroatoms. The third-order valence-corrected chi connectivity index (χ3v) is 5.21.